The van der Waals surface area contributed by atoms with Gasteiger partial charge in [-0.15, -0.1) is 0 Å². The Kier molecular flexibility index (Phi) is 1.29. The summed E-state index contributed by atoms with van der Waals surface area (Å²) in [7, 11) is 0. The molecule has 0 heterocycles. The molecular formula is C9H16N2. The van der Waals surface area contributed by atoms with Crippen molar-refractivity contribution >= 4 is 5.71 Å². The molecule has 2 bridgehead atoms. The van der Waals surface area contributed by atoms with E-state index in [9.17, 15) is 0 Å². The maximum absolute atomic E-state index is 5.33. The molecule has 2 rings (SSSR count). The highest BCUT2D eigenvalue weighted by Crippen LogP contribution is 2.55. The highest BCUT2D eigenvalue weighted by molar-refractivity contribution is 5.90. The van der Waals surface area contributed by atoms with Crippen LogP contribution in [0.1, 0.15) is 33.1 Å². The third-order valence-electron chi connectivity index (χ3n) is 3.78. The summed E-state index contributed by atoms with van der Waals surface area (Å²) in [5.74, 6) is 6.88. The van der Waals surface area contributed by atoms with Crippen LogP contribution in [0.3, 0.4) is 0 Å². The average Bonchev–Trinajstić information content (AvgIpc) is 2.40. The largest absolute Gasteiger partial charge is 0.323 e. The van der Waals surface area contributed by atoms with Crippen LogP contribution in [0.4, 0.5) is 0 Å². The highest BCUT2D eigenvalue weighted by Gasteiger charge is 2.51. The van der Waals surface area contributed by atoms with E-state index in [1.165, 1.54) is 18.6 Å². The van der Waals surface area contributed by atoms with Crippen molar-refractivity contribution in [2.45, 2.75) is 33.1 Å². The van der Waals surface area contributed by atoms with Crippen molar-refractivity contribution in [2.24, 2.45) is 28.2 Å². The normalized spacial score (nSPS) is 43.6. The number of rotatable bonds is 0. The van der Waals surface area contributed by atoms with Crippen molar-refractivity contribution in [3.8, 4) is 0 Å². The van der Waals surface area contributed by atoms with E-state index in [1.807, 2.05) is 0 Å². The molecule has 0 amide bonds. The van der Waals surface area contributed by atoms with Crippen LogP contribution < -0.4 is 5.84 Å². The summed E-state index contributed by atoms with van der Waals surface area (Å²) < 4.78 is 0. The molecular weight excluding hydrogens is 136 g/mol. The Morgan fingerprint density at radius 3 is 2.45 bits per heavy atom. The maximum Gasteiger partial charge on any atom is 0.0415 e. The van der Waals surface area contributed by atoms with Crippen LogP contribution in [-0.2, 0) is 0 Å². The average molecular weight is 152 g/mol. The molecule has 0 saturated heterocycles. The SMILES string of the molecule is CC1(C)[C@@H]2CC[C@H]1/C(=N/N)C2. The standard InChI is InChI=1S/C9H16N2/c1-9(2)6-3-4-7(9)8(5-6)11-10/h6-7H,3-5,10H2,1-2H3/b11-8+/t6-,7+/m1/s1. The predicted octanol–water partition coefficient (Wildman–Crippen LogP) is 1.76. The first-order valence-electron chi connectivity index (χ1n) is 4.43. The molecule has 2 saturated carbocycles. The molecule has 62 valence electrons. The van der Waals surface area contributed by atoms with E-state index < -0.39 is 0 Å². The molecule has 0 aliphatic heterocycles. The fraction of sp³-hybridized carbons (Fsp3) is 0.889. The summed E-state index contributed by atoms with van der Waals surface area (Å²) in [6.07, 6.45) is 3.86. The summed E-state index contributed by atoms with van der Waals surface area (Å²) in [5, 5.41) is 3.88. The molecule has 0 aromatic rings. The Hall–Kier alpha value is -0.530. The third kappa shape index (κ3) is 0.754. The second-order valence-electron chi connectivity index (χ2n) is 4.47. The first-order chi connectivity index (χ1) is 5.16. The molecule has 2 fully saturated rings. The zero-order valence-electron chi connectivity index (χ0n) is 7.30. The van der Waals surface area contributed by atoms with Crippen LogP contribution in [-0.4, -0.2) is 5.71 Å². The summed E-state index contributed by atoms with van der Waals surface area (Å²) >= 11 is 0. The van der Waals surface area contributed by atoms with Gasteiger partial charge < -0.3 is 5.84 Å². The molecule has 2 heteroatoms. The minimum atomic E-state index is 0.484. The van der Waals surface area contributed by atoms with Gasteiger partial charge in [-0.3, -0.25) is 0 Å². The van der Waals surface area contributed by atoms with Crippen molar-refractivity contribution in [3.63, 3.8) is 0 Å². The van der Waals surface area contributed by atoms with Crippen molar-refractivity contribution in [2.75, 3.05) is 0 Å². The lowest BCUT2D eigenvalue weighted by atomic mass is 9.82. The zero-order chi connectivity index (χ0) is 8.06. The maximum atomic E-state index is 5.33. The van der Waals surface area contributed by atoms with Crippen molar-refractivity contribution < 1.29 is 0 Å². The van der Waals surface area contributed by atoms with Gasteiger partial charge in [-0.1, -0.05) is 13.8 Å². The molecule has 0 unspecified atom stereocenters. The number of nitrogens with two attached hydrogens (primary N) is 1. The van der Waals surface area contributed by atoms with Crippen LogP contribution >= 0.6 is 0 Å². The molecule has 2 aliphatic carbocycles. The van der Waals surface area contributed by atoms with E-state index in [2.05, 4.69) is 18.9 Å². The van der Waals surface area contributed by atoms with Crippen molar-refractivity contribution in [3.05, 3.63) is 0 Å². The van der Waals surface area contributed by atoms with Gasteiger partial charge in [0.25, 0.3) is 0 Å². The lowest BCUT2D eigenvalue weighted by Gasteiger charge is -2.22. The van der Waals surface area contributed by atoms with Gasteiger partial charge in [-0.25, -0.2) is 0 Å². The molecule has 2 aliphatic rings. The van der Waals surface area contributed by atoms with E-state index in [-0.39, 0.29) is 0 Å². The lowest BCUT2D eigenvalue weighted by Crippen LogP contribution is -2.20. The number of hydrogen-bond acceptors (Lipinski definition) is 2. The Morgan fingerprint density at radius 2 is 2.18 bits per heavy atom. The smallest absolute Gasteiger partial charge is 0.0415 e. The Labute approximate surface area is 67.9 Å². The van der Waals surface area contributed by atoms with Gasteiger partial charge in [-0.2, -0.15) is 5.10 Å². The lowest BCUT2D eigenvalue weighted by molar-refractivity contribution is 0.270. The molecule has 0 aromatic carbocycles. The molecule has 2 atom stereocenters. The number of hydrogen-bond donors (Lipinski definition) is 1. The molecule has 0 spiro atoms. The van der Waals surface area contributed by atoms with E-state index in [0.29, 0.717) is 11.3 Å². The van der Waals surface area contributed by atoms with Crippen LogP contribution in [0, 0.1) is 17.3 Å². The van der Waals surface area contributed by atoms with E-state index in [1.54, 1.807) is 0 Å². The minimum absolute atomic E-state index is 0.484. The Morgan fingerprint density at radius 1 is 1.45 bits per heavy atom. The summed E-state index contributed by atoms with van der Waals surface area (Å²) in [4.78, 5) is 0. The van der Waals surface area contributed by atoms with Crippen molar-refractivity contribution in [1.29, 1.82) is 0 Å². The summed E-state index contributed by atoms with van der Waals surface area (Å²) in [5.41, 5.74) is 1.75. The molecule has 2 nitrogen and oxygen atoms in total. The highest BCUT2D eigenvalue weighted by atomic mass is 15.1. The van der Waals surface area contributed by atoms with E-state index in [4.69, 9.17) is 5.84 Å². The Bertz CT molecular complexity index is 206. The van der Waals surface area contributed by atoms with E-state index >= 15 is 0 Å². The molecule has 2 N–H and O–H groups in total. The molecule has 11 heavy (non-hydrogen) atoms. The number of hydrazone groups is 1. The fourth-order valence-electron chi connectivity index (χ4n) is 2.89. The monoisotopic (exact) mass is 152 g/mol. The summed E-state index contributed by atoms with van der Waals surface area (Å²) in [6, 6.07) is 0. The van der Waals surface area contributed by atoms with Crippen molar-refractivity contribution in [1.82, 2.24) is 0 Å². The van der Waals surface area contributed by atoms with Gasteiger partial charge in [0.1, 0.15) is 0 Å². The molecule has 0 radical (unpaired) electrons. The first-order valence-corrected chi connectivity index (χ1v) is 4.43. The quantitative estimate of drug-likeness (QED) is 0.417. The molecule has 0 aromatic heterocycles. The van der Waals surface area contributed by atoms with Crippen LogP contribution in [0.15, 0.2) is 5.10 Å². The second kappa shape index (κ2) is 1.99. The van der Waals surface area contributed by atoms with Gasteiger partial charge in [0.2, 0.25) is 0 Å². The Balaban J connectivity index is 2.33. The van der Waals surface area contributed by atoms with Crippen LogP contribution in [0.5, 0.6) is 0 Å². The van der Waals surface area contributed by atoms with Gasteiger partial charge in [-0.05, 0) is 30.6 Å². The topological polar surface area (TPSA) is 38.4 Å². The van der Waals surface area contributed by atoms with Gasteiger partial charge in [0, 0.05) is 11.6 Å². The third-order valence-corrected chi connectivity index (χ3v) is 3.78. The minimum Gasteiger partial charge on any atom is -0.323 e. The second-order valence-corrected chi connectivity index (χ2v) is 4.47. The number of nitrogens with zero attached hydrogens (tertiary/aromatic N) is 1. The summed E-state index contributed by atoms with van der Waals surface area (Å²) in [6.45, 7) is 4.71. The van der Waals surface area contributed by atoms with Crippen LogP contribution in [0.25, 0.3) is 0 Å². The zero-order valence-corrected chi connectivity index (χ0v) is 7.30. The van der Waals surface area contributed by atoms with Crippen LogP contribution in [0.2, 0.25) is 0 Å². The van der Waals surface area contributed by atoms with Gasteiger partial charge >= 0.3 is 0 Å². The fourth-order valence-corrected chi connectivity index (χ4v) is 2.89. The first kappa shape index (κ1) is 7.14. The van der Waals surface area contributed by atoms with Gasteiger partial charge in [0.05, 0.1) is 0 Å². The number of fused-ring (bicyclic) bond motifs is 2. The van der Waals surface area contributed by atoms with Gasteiger partial charge in [0.15, 0.2) is 0 Å². The van der Waals surface area contributed by atoms with E-state index in [0.717, 1.165) is 12.3 Å². The predicted molar refractivity (Wildman–Crippen MR) is 46.2 cm³/mol.